The Kier molecular flexibility index (Phi) is 2.44. The predicted molar refractivity (Wildman–Crippen MR) is 59.0 cm³/mol. The van der Waals surface area contributed by atoms with Gasteiger partial charge < -0.3 is 14.6 Å². The SMILES string of the molecule is CC1CCC(c2nnc3n2CCNC3C)O1. The van der Waals surface area contributed by atoms with E-state index in [0.717, 1.165) is 37.6 Å². The summed E-state index contributed by atoms with van der Waals surface area (Å²) in [6.07, 6.45) is 2.71. The third kappa shape index (κ3) is 1.55. The highest BCUT2D eigenvalue weighted by Gasteiger charge is 2.30. The molecule has 2 aliphatic rings. The first-order valence-corrected chi connectivity index (χ1v) is 6.07. The summed E-state index contributed by atoms with van der Waals surface area (Å²) in [6.45, 7) is 6.19. The van der Waals surface area contributed by atoms with Gasteiger partial charge in [0.25, 0.3) is 0 Å². The third-order valence-electron chi connectivity index (χ3n) is 3.50. The Morgan fingerprint density at radius 2 is 2.06 bits per heavy atom. The van der Waals surface area contributed by atoms with Gasteiger partial charge in [0, 0.05) is 13.1 Å². The van der Waals surface area contributed by atoms with Crippen LogP contribution in [0.1, 0.15) is 50.5 Å². The predicted octanol–water partition coefficient (Wildman–Crippen LogP) is 1.18. The van der Waals surface area contributed by atoms with Gasteiger partial charge in [0.1, 0.15) is 11.9 Å². The first kappa shape index (κ1) is 10.2. The molecule has 88 valence electrons. The summed E-state index contributed by atoms with van der Waals surface area (Å²) >= 11 is 0. The van der Waals surface area contributed by atoms with E-state index in [4.69, 9.17) is 4.74 Å². The van der Waals surface area contributed by atoms with Crippen molar-refractivity contribution in [1.82, 2.24) is 20.1 Å². The highest BCUT2D eigenvalue weighted by Crippen LogP contribution is 2.32. The van der Waals surface area contributed by atoms with Crippen molar-refractivity contribution in [3.63, 3.8) is 0 Å². The van der Waals surface area contributed by atoms with Crippen LogP contribution in [0.25, 0.3) is 0 Å². The van der Waals surface area contributed by atoms with E-state index in [2.05, 4.69) is 33.9 Å². The van der Waals surface area contributed by atoms with Crippen LogP contribution in [-0.4, -0.2) is 27.4 Å². The molecule has 3 rings (SSSR count). The minimum atomic E-state index is 0.154. The molecule has 1 N–H and O–H groups in total. The minimum Gasteiger partial charge on any atom is -0.367 e. The lowest BCUT2D eigenvalue weighted by molar-refractivity contribution is 0.0475. The number of ether oxygens (including phenoxy) is 1. The van der Waals surface area contributed by atoms with Gasteiger partial charge in [0.05, 0.1) is 12.1 Å². The fraction of sp³-hybridized carbons (Fsp3) is 0.818. The van der Waals surface area contributed by atoms with Gasteiger partial charge in [-0.05, 0) is 26.7 Å². The van der Waals surface area contributed by atoms with E-state index in [-0.39, 0.29) is 6.10 Å². The Bertz CT molecular complexity index is 389. The summed E-state index contributed by atoms with van der Waals surface area (Å²) in [5, 5.41) is 12.0. The zero-order valence-electron chi connectivity index (χ0n) is 9.81. The maximum absolute atomic E-state index is 5.86. The van der Waals surface area contributed by atoms with Gasteiger partial charge in [-0.3, -0.25) is 0 Å². The lowest BCUT2D eigenvalue weighted by atomic mass is 10.2. The van der Waals surface area contributed by atoms with Crippen molar-refractivity contribution >= 4 is 0 Å². The largest absolute Gasteiger partial charge is 0.367 e. The number of hydrogen-bond donors (Lipinski definition) is 1. The Morgan fingerprint density at radius 1 is 1.25 bits per heavy atom. The molecule has 1 fully saturated rings. The first-order valence-electron chi connectivity index (χ1n) is 6.07. The quantitative estimate of drug-likeness (QED) is 0.775. The monoisotopic (exact) mass is 222 g/mol. The van der Waals surface area contributed by atoms with Gasteiger partial charge >= 0.3 is 0 Å². The summed E-state index contributed by atoms with van der Waals surface area (Å²) in [4.78, 5) is 0. The number of nitrogens with zero attached hydrogens (tertiary/aromatic N) is 3. The molecule has 1 aromatic rings. The second-order valence-corrected chi connectivity index (χ2v) is 4.76. The van der Waals surface area contributed by atoms with E-state index in [9.17, 15) is 0 Å². The van der Waals surface area contributed by atoms with Crippen molar-refractivity contribution < 1.29 is 4.74 Å². The van der Waals surface area contributed by atoms with Crippen LogP contribution in [0.15, 0.2) is 0 Å². The van der Waals surface area contributed by atoms with Crippen LogP contribution >= 0.6 is 0 Å². The Morgan fingerprint density at radius 3 is 2.81 bits per heavy atom. The highest BCUT2D eigenvalue weighted by molar-refractivity contribution is 5.06. The van der Waals surface area contributed by atoms with E-state index < -0.39 is 0 Å². The fourth-order valence-electron chi connectivity index (χ4n) is 2.59. The highest BCUT2D eigenvalue weighted by atomic mass is 16.5. The van der Waals surface area contributed by atoms with Gasteiger partial charge in [0.15, 0.2) is 5.82 Å². The Hall–Kier alpha value is -0.940. The van der Waals surface area contributed by atoms with Crippen molar-refractivity contribution in [2.24, 2.45) is 0 Å². The van der Waals surface area contributed by atoms with Crippen molar-refractivity contribution in [2.45, 2.75) is 51.5 Å². The van der Waals surface area contributed by atoms with Gasteiger partial charge in [-0.25, -0.2) is 0 Å². The number of aromatic nitrogens is 3. The van der Waals surface area contributed by atoms with E-state index >= 15 is 0 Å². The first-order chi connectivity index (χ1) is 7.75. The number of nitrogens with one attached hydrogen (secondary N) is 1. The Labute approximate surface area is 95.2 Å². The average molecular weight is 222 g/mol. The van der Waals surface area contributed by atoms with Crippen molar-refractivity contribution in [3.05, 3.63) is 11.6 Å². The zero-order valence-corrected chi connectivity index (χ0v) is 9.81. The summed E-state index contributed by atoms with van der Waals surface area (Å²) in [5.74, 6) is 2.07. The van der Waals surface area contributed by atoms with Crippen LogP contribution in [0, 0.1) is 0 Å². The van der Waals surface area contributed by atoms with E-state index in [0.29, 0.717) is 12.1 Å². The molecular formula is C11H18N4O. The molecule has 3 heterocycles. The molecule has 1 saturated heterocycles. The van der Waals surface area contributed by atoms with Gasteiger partial charge in [-0.1, -0.05) is 0 Å². The molecule has 0 saturated carbocycles. The molecule has 0 bridgehead atoms. The molecule has 0 amide bonds. The molecule has 5 nitrogen and oxygen atoms in total. The standard InChI is InChI=1S/C11H18N4O/c1-7-3-4-9(16-7)11-14-13-10-8(2)12-5-6-15(10)11/h7-9,12H,3-6H2,1-2H3. The van der Waals surface area contributed by atoms with Crippen LogP contribution in [0.4, 0.5) is 0 Å². The smallest absolute Gasteiger partial charge is 0.162 e. The molecule has 3 atom stereocenters. The summed E-state index contributed by atoms with van der Waals surface area (Å²) < 4.78 is 8.09. The fourth-order valence-corrected chi connectivity index (χ4v) is 2.59. The molecule has 16 heavy (non-hydrogen) atoms. The number of rotatable bonds is 1. The molecule has 2 aliphatic heterocycles. The maximum Gasteiger partial charge on any atom is 0.162 e. The van der Waals surface area contributed by atoms with Crippen molar-refractivity contribution in [2.75, 3.05) is 6.54 Å². The minimum absolute atomic E-state index is 0.154. The molecule has 5 heteroatoms. The van der Waals surface area contributed by atoms with Crippen molar-refractivity contribution in [1.29, 1.82) is 0 Å². The number of fused-ring (bicyclic) bond motifs is 1. The Balaban J connectivity index is 1.91. The summed E-state index contributed by atoms with van der Waals surface area (Å²) in [5.41, 5.74) is 0. The van der Waals surface area contributed by atoms with Crippen molar-refractivity contribution in [3.8, 4) is 0 Å². The normalized spacial score (nSPS) is 34.0. The lowest BCUT2D eigenvalue weighted by Crippen LogP contribution is -2.33. The average Bonchev–Trinajstić information content (AvgIpc) is 2.84. The van der Waals surface area contributed by atoms with Crippen LogP contribution in [0.5, 0.6) is 0 Å². The second kappa shape index (κ2) is 3.82. The molecule has 1 aromatic heterocycles. The van der Waals surface area contributed by atoms with E-state index in [1.165, 1.54) is 0 Å². The summed E-state index contributed by atoms with van der Waals surface area (Å²) in [6, 6.07) is 0.300. The van der Waals surface area contributed by atoms with E-state index in [1.54, 1.807) is 0 Å². The second-order valence-electron chi connectivity index (χ2n) is 4.76. The third-order valence-corrected chi connectivity index (χ3v) is 3.50. The van der Waals surface area contributed by atoms with Gasteiger partial charge in [-0.2, -0.15) is 0 Å². The van der Waals surface area contributed by atoms with Crippen LogP contribution in [0.3, 0.4) is 0 Å². The van der Waals surface area contributed by atoms with Crippen LogP contribution < -0.4 is 5.32 Å². The molecular weight excluding hydrogens is 204 g/mol. The molecule has 0 spiro atoms. The van der Waals surface area contributed by atoms with Crippen LogP contribution in [-0.2, 0) is 11.3 Å². The van der Waals surface area contributed by atoms with Gasteiger partial charge in [0.2, 0.25) is 0 Å². The maximum atomic E-state index is 5.86. The van der Waals surface area contributed by atoms with E-state index in [1.807, 2.05) is 0 Å². The summed E-state index contributed by atoms with van der Waals surface area (Å²) in [7, 11) is 0. The molecule has 0 aliphatic carbocycles. The molecule has 3 unspecified atom stereocenters. The van der Waals surface area contributed by atoms with Crippen LogP contribution in [0.2, 0.25) is 0 Å². The zero-order chi connectivity index (χ0) is 11.1. The molecule has 0 aromatic carbocycles. The topological polar surface area (TPSA) is 52.0 Å². The number of hydrogen-bond acceptors (Lipinski definition) is 4. The molecule has 0 radical (unpaired) electrons. The lowest BCUT2D eigenvalue weighted by Gasteiger charge is -2.23. The van der Waals surface area contributed by atoms with Gasteiger partial charge in [-0.15, -0.1) is 10.2 Å².